The molecule has 1 fully saturated rings. The summed E-state index contributed by atoms with van der Waals surface area (Å²) in [7, 11) is 0. The molecule has 1 aliphatic rings. The molecule has 0 radical (unpaired) electrons. The van der Waals surface area contributed by atoms with Crippen LogP contribution in [0.1, 0.15) is 94.2 Å². The van der Waals surface area contributed by atoms with Gasteiger partial charge in [-0.25, -0.2) is 0 Å². The van der Waals surface area contributed by atoms with Crippen molar-refractivity contribution in [2.45, 2.75) is 90.6 Å². The van der Waals surface area contributed by atoms with E-state index in [9.17, 15) is 0 Å². The van der Waals surface area contributed by atoms with Crippen LogP contribution >= 0.6 is 0 Å². The van der Waals surface area contributed by atoms with Gasteiger partial charge >= 0.3 is 0 Å². The molecule has 0 aliphatic heterocycles. The summed E-state index contributed by atoms with van der Waals surface area (Å²) in [5, 5.41) is 0. The van der Waals surface area contributed by atoms with Crippen LogP contribution in [0.25, 0.3) is 0 Å². The van der Waals surface area contributed by atoms with E-state index in [0.717, 1.165) is 17.6 Å². The summed E-state index contributed by atoms with van der Waals surface area (Å²) in [5.41, 5.74) is 4.19. The third-order valence-corrected chi connectivity index (χ3v) is 6.52. The number of hydrogen-bond acceptors (Lipinski definition) is 1. The SMILES string of the molecule is CCCCCCc1ccc(COc2ccc([C@H]3CC[C@H](CC)CC3)cc2)cc1. The topological polar surface area (TPSA) is 9.23 Å². The van der Waals surface area contributed by atoms with Crippen molar-refractivity contribution in [2.75, 3.05) is 0 Å². The maximum Gasteiger partial charge on any atom is 0.119 e. The first-order chi connectivity index (χ1) is 13.8. The summed E-state index contributed by atoms with van der Waals surface area (Å²) < 4.78 is 6.02. The molecule has 1 aliphatic carbocycles. The highest BCUT2D eigenvalue weighted by molar-refractivity contribution is 5.30. The zero-order chi connectivity index (χ0) is 19.6. The molecule has 1 saturated carbocycles. The van der Waals surface area contributed by atoms with Gasteiger partial charge in [-0.1, -0.05) is 75.9 Å². The Kier molecular flexibility index (Phi) is 8.45. The minimum Gasteiger partial charge on any atom is -0.489 e. The summed E-state index contributed by atoms with van der Waals surface area (Å²) in [6, 6.07) is 17.8. The maximum atomic E-state index is 6.02. The number of ether oxygens (including phenoxy) is 1. The van der Waals surface area contributed by atoms with Crippen LogP contribution < -0.4 is 4.74 Å². The highest BCUT2D eigenvalue weighted by Gasteiger charge is 2.21. The molecule has 1 nitrogen and oxygen atoms in total. The predicted molar refractivity (Wildman–Crippen MR) is 120 cm³/mol. The van der Waals surface area contributed by atoms with Gasteiger partial charge in [-0.3, -0.25) is 0 Å². The Balaban J connectivity index is 1.43. The van der Waals surface area contributed by atoms with E-state index < -0.39 is 0 Å². The molecule has 0 N–H and O–H groups in total. The second kappa shape index (κ2) is 11.3. The Morgan fingerprint density at radius 1 is 0.750 bits per heavy atom. The molecule has 0 heterocycles. The Hall–Kier alpha value is -1.76. The summed E-state index contributed by atoms with van der Waals surface area (Å²) in [6.07, 6.45) is 13.3. The molecule has 0 unspecified atom stereocenters. The van der Waals surface area contributed by atoms with Gasteiger partial charge in [-0.2, -0.15) is 0 Å². The third kappa shape index (κ3) is 6.40. The number of benzene rings is 2. The van der Waals surface area contributed by atoms with Gasteiger partial charge in [-0.05, 0) is 79.2 Å². The van der Waals surface area contributed by atoms with E-state index in [1.165, 1.54) is 80.9 Å². The lowest BCUT2D eigenvalue weighted by Crippen LogP contribution is -2.12. The molecule has 0 atom stereocenters. The fraction of sp³-hybridized carbons (Fsp3) is 0.556. The van der Waals surface area contributed by atoms with Crippen LogP contribution in [-0.4, -0.2) is 0 Å². The van der Waals surface area contributed by atoms with E-state index >= 15 is 0 Å². The van der Waals surface area contributed by atoms with Crippen LogP contribution in [0.3, 0.4) is 0 Å². The van der Waals surface area contributed by atoms with Crippen LogP contribution in [0.5, 0.6) is 5.75 Å². The van der Waals surface area contributed by atoms with Gasteiger partial charge < -0.3 is 4.74 Å². The highest BCUT2D eigenvalue weighted by atomic mass is 16.5. The minimum absolute atomic E-state index is 0.650. The first kappa shape index (κ1) is 21.0. The maximum absolute atomic E-state index is 6.02. The second-order valence-electron chi connectivity index (χ2n) is 8.61. The Morgan fingerprint density at radius 2 is 1.43 bits per heavy atom. The van der Waals surface area contributed by atoms with Gasteiger partial charge in [0.1, 0.15) is 12.4 Å². The zero-order valence-electron chi connectivity index (χ0n) is 18.0. The number of aryl methyl sites for hydroxylation is 1. The molecule has 152 valence electrons. The van der Waals surface area contributed by atoms with E-state index in [2.05, 4.69) is 62.4 Å². The van der Waals surface area contributed by atoms with Crippen LogP contribution in [0.2, 0.25) is 0 Å². The van der Waals surface area contributed by atoms with Crippen molar-refractivity contribution in [2.24, 2.45) is 5.92 Å². The summed E-state index contributed by atoms with van der Waals surface area (Å²) in [5.74, 6) is 2.69. The van der Waals surface area contributed by atoms with Crippen molar-refractivity contribution < 1.29 is 4.74 Å². The van der Waals surface area contributed by atoms with Crippen molar-refractivity contribution in [3.63, 3.8) is 0 Å². The van der Waals surface area contributed by atoms with E-state index in [4.69, 9.17) is 4.74 Å². The van der Waals surface area contributed by atoms with Gasteiger partial charge in [0.15, 0.2) is 0 Å². The lowest BCUT2D eigenvalue weighted by Gasteiger charge is -2.28. The molecule has 3 rings (SSSR count). The average molecular weight is 379 g/mol. The van der Waals surface area contributed by atoms with Crippen molar-refractivity contribution >= 4 is 0 Å². The largest absolute Gasteiger partial charge is 0.489 e. The Morgan fingerprint density at radius 3 is 2.07 bits per heavy atom. The molecule has 0 spiro atoms. The molecule has 28 heavy (non-hydrogen) atoms. The molecule has 0 saturated heterocycles. The molecule has 2 aromatic rings. The lowest BCUT2D eigenvalue weighted by atomic mass is 9.78. The monoisotopic (exact) mass is 378 g/mol. The van der Waals surface area contributed by atoms with E-state index in [0.29, 0.717) is 6.61 Å². The molecule has 1 heteroatoms. The molecule has 0 amide bonds. The standard InChI is InChI=1S/C27H38O/c1-3-5-6-7-8-23-9-11-24(12-10-23)21-28-27-19-17-26(18-20-27)25-15-13-22(4-2)14-16-25/h9-12,17-20,22,25H,3-8,13-16,21H2,1-2H3/t22-,25-. The van der Waals surface area contributed by atoms with Crippen molar-refractivity contribution in [3.05, 3.63) is 65.2 Å². The van der Waals surface area contributed by atoms with Crippen LogP contribution in [0.4, 0.5) is 0 Å². The van der Waals surface area contributed by atoms with Gasteiger partial charge in [0.25, 0.3) is 0 Å². The molecular formula is C27H38O. The average Bonchev–Trinajstić information content (AvgIpc) is 2.76. The predicted octanol–water partition coefficient (Wildman–Crippen LogP) is 8.07. The van der Waals surface area contributed by atoms with E-state index in [1.807, 2.05) is 0 Å². The van der Waals surface area contributed by atoms with Crippen LogP contribution in [0.15, 0.2) is 48.5 Å². The first-order valence-electron chi connectivity index (χ1n) is 11.6. The Bertz CT molecular complexity index is 662. The summed E-state index contributed by atoms with van der Waals surface area (Å²) in [4.78, 5) is 0. The van der Waals surface area contributed by atoms with Gasteiger partial charge in [-0.15, -0.1) is 0 Å². The summed E-state index contributed by atoms with van der Waals surface area (Å²) >= 11 is 0. The molecule has 0 aromatic heterocycles. The fourth-order valence-corrected chi connectivity index (χ4v) is 4.46. The van der Waals surface area contributed by atoms with Crippen molar-refractivity contribution in [1.29, 1.82) is 0 Å². The second-order valence-corrected chi connectivity index (χ2v) is 8.61. The number of unbranched alkanes of at least 4 members (excludes halogenated alkanes) is 3. The summed E-state index contributed by atoms with van der Waals surface area (Å²) in [6.45, 7) is 5.25. The molecular weight excluding hydrogens is 340 g/mol. The van der Waals surface area contributed by atoms with Gasteiger partial charge in [0, 0.05) is 0 Å². The lowest BCUT2D eigenvalue weighted by molar-refractivity contribution is 0.305. The highest BCUT2D eigenvalue weighted by Crippen LogP contribution is 2.37. The normalized spacial score (nSPS) is 19.5. The first-order valence-corrected chi connectivity index (χ1v) is 11.6. The van der Waals surface area contributed by atoms with Crippen molar-refractivity contribution in [3.8, 4) is 5.75 Å². The molecule has 0 bridgehead atoms. The number of rotatable bonds is 10. The van der Waals surface area contributed by atoms with E-state index in [-0.39, 0.29) is 0 Å². The third-order valence-electron chi connectivity index (χ3n) is 6.52. The van der Waals surface area contributed by atoms with E-state index in [1.54, 1.807) is 0 Å². The van der Waals surface area contributed by atoms with Crippen molar-refractivity contribution in [1.82, 2.24) is 0 Å². The van der Waals surface area contributed by atoms with Gasteiger partial charge in [0.05, 0.1) is 0 Å². The smallest absolute Gasteiger partial charge is 0.119 e. The zero-order valence-corrected chi connectivity index (χ0v) is 18.0. The molecule has 2 aromatic carbocycles. The fourth-order valence-electron chi connectivity index (χ4n) is 4.46. The Labute approximate surface area is 172 Å². The number of hydrogen-bond donors (Lipinski definition) is 0. The van der Waals surface area contributed by atoms with Crippen LogP contribution in [-0.2, 0) is 13.0 Å². The van der Waals surface area contributed by atoms with Crippen LogP contribution in [0, 0.1) is 5.92 Å². The van der Waals surface area contributed by atoms with Gasteiger partial charge in [0.2, 0.25) is 0 Å². The minimum atomic E-state index is 0.650. The quantitative estimate of drug-likeness (QED) is 0.380.